The van der Waals surface area contributed by atoms with Gasteiger partial charge in [-0.15, -0.1) is 0 Å². The van der Waals surface area contributed by atoms with Gasteiger partial charge in [0.25, 0.3) is 0 Å². The largest absolute Gasteiger partial charge is 0.375 e. The van der Waals surface area contributed by atoms with Gasteiger partial charge in [-0.3, -0.25) is 0 Å². The Labute approximate surface area is 188 Å². The van der Waals surface area contributed by atoms with Crippen LogP contribution in [-0.4, -0.2) is 12.2 Å². The first-order valence-corrected chi connectivity index (χ1v) is 11.4. The summed E-state index contributed by atoms with van der Waals surface area (Å²) < 4.78 is 75.7. The number of ether oxygens (including phenoxy) is 1. The monoisotopic (exact) mass is 456 g/mol. The van der Waals surface area contributed by atoms with E-state index >= 15 is 0 Å². The van der Waals surface area contributed by atoms with E-state index in [1.54, 1.807) is 6.07 Å². The third-order valence-electron chi connectivity index (χ3n) is 5.99. The number of unbranched alkanes of at least 4 members (excludes halogenated alkanes) is 5. The second-order valence-corrected chi connectivity index (χ2v) is 8.72. The fourth-order valence-electron chi connectivity index (χ4n) is 4.29. The third-order valence-corrected chi connectivity index (χ3v) is 5.99. The molecule has 0 aliphatic carbocycles. The van der Waals surface area contributed by atoms with Crippen LogP contribution < -0.4 is 0 Å². The molecule has 1 nitrogen and oxygen atoms in total. The molecule has 0 radical (unpaired) electrons. The molecule has 2 aromatic rings. The van der Waals surface area contributed by atoms with Crippen molar-refractivity contribution in [3.63, 3.8) is 0 Å². The van der Waals surface area contributed by atoms with Crippen LogP contribution in [0.25, 0.3) is 11.1 Å². The molecule has 0 spiro atoms. The maximum Gasteiger partial charge on any atom is 0.200 e. The topological polar surface area (TPSA) is 9.23 Å². The van der Waals surface area contributed by atoms with E-state index in [9.17, 15) is 22.0 Å². The van der Waals surface area contributed by atoms with Crippen molar-refractivity contribution >= 4 is 0 Å². The summed E-state index contributed by atoms with van der Waals surface area (Å²) in [4.78, 5) is 0. The van der Waals surface area contributed by atoms with Crippen LogP contribution in [-0.2, 0) is 4.74 Å². The van der Waals surface area contributed by atoms with Crippen molar-refractivity contribution in [2.45, 2.75) is 84.2 Å². The standard InChI is InChI=1S/C26H33F5O/c1-5-7-8-9-10-11-15-19(26(3,4)32-6-2)17-13-12-14-18(16-17)20-21(27)23(29)25(31)24(30)22(20)28/h12-14,16,19H,5-11,15H2,1-4H3. The lowest BCUT2D eigenvalue weighted by atomic mass is 9.80. The molecule has 6 heteroatoms. The van der Waals surface area contributed by atoms with Gasteiger partial charge in [-0.2, -0.15) is 0 Å². The highest BCUT2D eigenvalue weighted by atomic mass is 19.2. The van der Waals surface area contributed by atoms with E-state index in [1.807, 2.05) is 26.8 Å². The molecule has 0 aliphatic rings. The SMILES string of the molecule is CCCCCCCCC(c1cccc(-c2c(F)c(F)c(F)c(F)c2F)c1)C(C)(C)OCC. The summed E-state index contributed by atoms with van der Waals surface area (Å²) in [5, 5.41) is 0. The quantitative estimate of drug-likeness (QED) is 0.134. The van der Waals surface area contributed by atoms with Crippen molar-refractivity contribution in [1.29, 1.82) is 0 Å². The van der Waals surface area contributed by atoms with Gasteiger partial charge in [0.2, 0.25) is 5.82 Å². The van der Waals surface area contributed by atoms with E-state index in [4.69, 9.17) is 4.74 Å². The maximum absolute atomic E-state index is 14.4. The molecule has 32 heavy (non-hydrogen) atoms. The molecule has 1 unspecified atom stereocenters. The van der Waals surface area contributed by atoms with Crippen LogP contribution in [0, 0.1) is 29.1 Å². The Hall–Kier alpha value is -1.95. The van der Waals surface area contributed by atoms with Gasteiger partial charge >= 0.3 is 0 Å². The lowest BCUT2D eigenvalue weighted by Crippen LogP contribution is -2.33. The Morgan fingerprint density at radius 2 is 1.34 bits per heavy atom. The van der Waals surface area contributed by atoms with Crippen molar-refractivity contribution in [2.24, 2.45) is 0 Å². The molecule has 0 aliphatic heterocycles. The van der Waals surface area contributed by atoms with Crippen molar-refractivity contribution in [3.05, 3.63) is 58.9 Å². The second-order valence-electron chi connectivity index (χ2n) is 8.72. The lowest BCUT2D eigenvalue weighted by molar-refractivity contribution is -0.0334. The third kappa shape index (κ3) is 6.09. The van der Waals surface area contributed by atoms with Crippen LogP contribution in [0.4, 0.5) is 22.0 Å². The van der Waals surface area contributed by atoms with Crippen LogP contribution in [0.5, 0.6) is 0 Å². The van der Waals surface area contributed by atoms with Crippen LogP contribution in [0.3, 0.4) is 0 Å². The summed E-state index contributed by atoms with van der Waals surface area (Å²) in [5.41, 5.74) is -0.766. The average molecular weight is 457 g/mol. The molecule has 2 rings (SSSR count). The Bertz CT molecular complexity index is 865. The van der Waals surface area contributed by atoms with Crippen molar-refractivity contribution in [2.75, 3.05) is 6.61 Å². The molecule has 0 bridgehead atoms. The first-order valence-electron chi connectivity index (χ1n) is 11.4. The molecule has 0 heterocycles. The number of hydrogen-bond acceptors (Lipinski definition) is 1. The van der Waals surface area contributed by atoms with Gasteiger partial charge in [0.1, 0.15) is 0 Å². The lowest BCUT2D eigenvalue weighted by Gasteiger charge is -2.35. The molecule has 0 N–H and O–H groups in total. The predicted octanol–water partition coefficient (Wildman–Crippen LogP) is 8.70. The number of benzene rings is 2. The Morgan fingerprint density at radius 1 is 0.781 bits per heavy atom. The fraction of sp³-hybridized carbons (Fsp3) is 0.538. The molecule has 178 valence electrons. The molecule has 0 saturated heterocycles. The predicted molar refractivity (Wildman–Crippen MR) is 118 cm³/mol. The molecule has 2 aromatic carbocycles. The van der Waals surface area contributed by atoms with Gasteiger partial charge in [0, 0.05) is 12.5 Å². The highest BCUT2D eigenvalue weighted by Gasteiger charge is 2.32. The van der Waals surface area contributed by atoms with Crippen molar-refractivity contribution in [1.82, 2.24) is 0 Å². The van der Waals surface area contributed by atoms with Crippen LogP contribution in [0.15, 0.2) is 24.3 Å². The highest BCUT2D eigenvalue weighted by Crippen LogP contribution is 2.39. The number of hydrogen-bond donors (Lipinski definition) is 0. The zero-order valence-corrected chi connectivity index (χ0v) is 19.3. The van der Waals surface area contributed by atoms with Crippen LogP contribution in [0.1, 0.15) is 84.1 Å². The van der Waals surface area contributed by atoms with Gasteiger partial charge in [0.15, 0.2) is 23.3 Å². The normalized spacial score (nSPS) is 12.9. The van der Waals surface area contributed by atoms with Crippen molar-refractivity contribution < 1.29 is 26.7 Å². The van der Waals surface area contributed by atoms with Gasteiger partial charge < -0.3 is 4.74 Å². The minimum atomic E-state index is -2.15. The van der Waals surface area contributed by atoms with E-state index in [0.29, 0.717) is 6.61 Å². The second kappa shape index (κ2) is 11.8. The highest BCUT2D eigenvalue weighted by molar-refractivity contribution is 5.66. The first-order chi connectivity index (χ1) is 15.2. The van der Waals surface area contributed by atoms with E-state index in [1.165, 1.54) is 31.4 Å². The smallest absolute Gasteiger partial charge is 0.200 e. The van der Waals surface area contributed by atoms with E-state index in [-0.39, 0.29) is 11.5 Å². The Balaban J connectivity index is 2.40. The van der Waals surface area contributed by atoms with Gasteiger partial charge in [-0.05, 0) is 38.3 Å². The summed E-state index contributed by atoms with van der Waals surface area (Å²) in [6.45, 7) is 8.48. The molecular weight excluding hydrogens is 423 g/mol. The van der Waals surface area contributed by atoms with Crippen molar-refractivity contribution in [3.8, 4) is 11.1 Å². The summed E-state index contributed by atoms with van der Waals surface area (Å²) >= 11 is 0. The Morgan fingerprint density at radius 3 is 1.94 bits per heavy atom. The van der Waals surface area contributed by atoms with Crippen LogP contribution >= 0.6 is 0 Å². The summed E-state index contributed by atoms with van der Waals surface area (Å²) in [7, 11) is 0. The zero-order valence-electron chi connectivity index (χ0n) is 19.3. The minimum absolute atomic E-state index is 0.0458. The molecule has 1 atom stereocenters. The van der Waals surface area contributed by atoms with Crippen LogP contribution in [0.2, 0.25) is 0 Å². The molecule has 0 amide bonds. The summed E-state index contributed by atoms with van der Waals surface area (Å²) in [6, 6.07) is 6.27. The number of halogens is 5. The first kappa shape index (κ1) is 26.3. The van der Waals surface area contributed by atoms with E-state index < -0.39 is 40.3 Å². The maximum atomic E-state index is 14.4. The molecule has 0 aromatic heterocycles. The summed E-state index contributed by atoms with van der Waals surface area (Å²) in [6.07, 6.45) is 7.52. The van der Waals surface area contributed by atoms with Gasteiger partial charge in [-0.25, -0.2) is 22.0 Å². The van der Waals surface area contributed by atoms with E-state index in [0.717, 1.165) is 31.2 Å². The average Bonchev–Trinajstić information content (AvgIpc) is 2.76. The number of rotatable bonds is 12. The van der Waals surface area contributed by atoms with Gasteiger partial charge in [0.05, 0.1) is 11.2 Å². The zero-order chi connectivity index (χ0) is 23.9. The summed E-state index contributed by atoms with van der Waals surface area (Å²) in [5.74, 6) is -9.79. The Kier molecular flexibility index (Phi) is 9.68. The van der Waals surface area contributed by atoms with Gasteiger partial charge in [-0.1, -0.05) is 69.7 Å². The minimum Gasteiger partial charge on any atom is -0.375 e. The fourth-order valence-corrected chi connectivity index (χ4v) is 4.29. The molecular formula is C26H33F5O. The molecule has 0 saturated carbocycles. The molecule has 0 fully saturated rings. The van der Waals surface area contributed by atoms with E-state index in [2.05, 4.69) is 6.92 Å².